The van der Waals surface area contributed by atoms with Crippen molar-refractivity contribution in [1.29, 1.82) is 0 Å². The van der Waals surface area contributed by atoms with Crippen molar-refractivity contribution in [3.05, 3.63) is 63.6 Å². The molecule has 1 aliphatic rings. The second-order valence-electron chi connectivity index (χ2n) is 6.45. The van der Waals surface area contributed by atoms with Crippen LogP contribution in [0.5, 0.6) is 5.75 Å². The minimum absolute atomic E-state index is 0.0275. The molecule has 0 fully saturated rings. The summed E-state index contributed by atoms with van der Waals surface area (Å²) in [6, 6.07) is 10.4. The molecule has 154 valence electrons. The van der Waals surface area contributed by atoms with Gasteiger partial charge < -0.3 is 9.84 Å². The summed E-state index contributed by atoms with van der Waals surface area (Å²) in [4.78, 5) is 12.5. The molecule has 2 aromatic rings. The fourth-order valence-electron chi connectivity index (χ4n) is 2.74. The van der Waals surface area contributed by atoms with Crippen molar-refractivity contribution in [2.24, 2.45) is 5.10 Å². The SMILES string of the molecule is Cc1cc(OCC(=O)N2N=C(c3ccc(Cl)cc3)C[C@]2(O)C(F)(F)F)ccc1Cl. The molecule has 3 rings (SSSR count). The Morgan fingerprint density at radius 1 is 1.24 bits per heavy atom. The molecular weight excluding hydrogens is 432 g/mol. The molecule has 0 bridgehead atoms. The number of carbonyl (C=O) groups excluding carboxylic acids is 1. The minimum Gasteiger partial charge on any atom is -0.484 e. The molecule has 0 saturated carbocycles. The molecule has 1 heterocycles. The maximum Gasteiger partial charge on any atom is 0.438 e. The Balaban J connectivity index is 1.84. The van der Waals surface area contributed by atoms with Crippen molar-refractivity contribution < 1.29 is 27.8 Å². The highest BCUT2D eigenvalue weighted by Gasteiger charge is 2.63. The summed E-state index contributed by atoms with van der Waals surface area (Å²) in [6.45, 7) is 0.958. The van der Waals surface area contributed by atoms with Crippen LogP contribution in [0.4, 0.5) is 13.2 Å². The van der Waals surface area contributed by atoms with Crippen molar-refractivity contribution in [3.8, 4) is 5.75 Å². The summed E-state index contributed by atoms with van der Waals surface area (Å²) in [7, 11) is 0. The van der Waals surface area contributed by atoms with Crippen LogP contribution in [0.25, 0.3) is 0 Å². The van der Waals surface area contributed by atoms with Gasteiger partial charge in [0.25, 0.3) is 11.6 Å². The molecule has 1 amide bonds. The number of aliphatic hydroxyl groups is 1. The Bertz CT molecular complexity index is 964. The van der Waals surface area contributed by atoms with Gasteiger partial charge in [-0.2, -0.15) is 23.3 Å². The fourth-order valence-corrected chi connectivity index (χ4v) is 2.99. The van der Waals surface area contributed by atoms with Crippen LogP contribution >= 0.6 is 23.2 Å². The van der Waals surface area contributed by atoms with Gasteiger partial charge in [-0.1, -0.05) is 35.3 Å². The average Bonchev–Trinajstić information content (AvgIpc) is 3.02. The van der Waals surface area contributed by atoms with E-state index < -0.39 is 30.8 Å². The van der Waals surface area contributed by atoms with Gasteiger partial charge in [-0.25, -0.2) is 0 Å². The largest absolute Gasteiger partial charge is 0.484 e. The Labute approximate surface area is 174 Å². The maximum absolute atomic E-state index is 13.6. The molecule has 0 spiro atoms. The third-order valence-corrected chi connectivity index (χ3v) is 5.02. The molecule has 0 aromatic heterocycles. The van der Waals surface area contributed by atoms with E-state index in [4.69, 9.17) is 27.9 Å². The van der Waals surface area contributed by atoms with E-state index in [2.05, 4.69) is 5.10 Å². The van der Waals surface area contributed by atoms with Gasteiger partial charge in [-0.3, -0.25) is 4.79 Å². The molecule has 10 heteroatoms. The molecule has 0 radical (unpaired) electrons. The van der Waals surface area contributed by atoms with Gasteiger partial charge in [0.15, 0.2) is 6.61 Å². The van der Waals surface area contributed by atoms with Gasteiger partial charge >= 0.3 is 6.18 Å². The van der Waals surface area contributed by atoms with Gasteiger partial charge in [0.05, 0.1) is 12.1 Å². The quantitative estimate of drug-likeness (QED) is 0.747. The van der Waals surface area contributed by atoms with Crippen LogP contribution in [-0.2, 0) is 4.79 Å². The van der Waals surface area contributed by atoms with Gasteiger partial charge in [0.2, 0.25) is 0 Å². The predicted octanol–water partition coefficient (Wildman–Crippen LogP) is 4.57. The van der Waals surface area contributed by atoms with Crippen LogP contribution in [0.1, 0.15) is 17.5 Å². The second-order valence-corrected chi connectivity index (χ2v) is 7.29. The highest BCUT2D eigenvalue weighted by Crippen LogP contribution is 2.41. The van der Waals surface area contributed by atoms with E-state index in [0.29, 0.717) is 21.2 Å². The highest BCUT2D eigenvalue weighted by molar-refractivity contribution is 6.31. The summed E-state index contributed by atoms with van der Waals surface area (Å²) in [6.07, 6.45) is -6.04. The van der Waals surface area contributed by atoms with Crippen LogP contribution in [-0.4, -0.2) is 40.2 Å². The first-order valence-electron chi connectivity index (χ1n) is 8.36. The topological polar surface area (TPSA) is 62.1 Å². The van der Waals surface area contributed by atoms with E-state index in [9.17, 15) is 23.1 Å². The standard InChI is InChI=1S/C19H15Cl2F3N2O3/c1-11-8-14(6-7-15(11)21)29-10-17(27)26-18(28,19(22,23)24)9-16(25-26)12-2-4-13(20)5-3-12/h2-8,28H,9-10H2,1H3/t18-/m0/s1. The lowest BCUT2D eigenvalue weighted by Crippen LogP contribution is -2.57. The van der Waals surface area contributed by atoms with E-state index in [1.807, 2.05) is 0 Å². The molecule has 0 unspecified atom stereocenters. The van der Waals surface area contributed by atoms with E-state index >= 15 is 0 Å². The van der Waals surface area contributed by atoms with E-state index in [1.165, 1.54) is 42.5 Å². The van der Waals surface area contributed by atoms with Crippen LogP contribution < -0.4 is 4.74 Å². The first-order valence-corrected chi connectivity index (χ1v) is 9.11. The smallest absolute Gasteiger partial charge is 0.438 e. The third kappa shape index (κ3) is 4.34. The number of alkyl halides is 3. The van der Waals surface area contributed by atoms with E-state index in [0.717, 1.165) is 0 Å². The monoisotopic (exact) mass is 446 g/mol. The summed E-state index contributed by atoms with van der Waals surface area (Å²) in [5, 5.41) is 14.9. The Kier molecular flexibility index (Phi) is 5.80. The number of carbonyl (C=O) groups is 1. The molecule has 29 heavy (non-hydrogen) atoms. The number of aryl methyl sites for hydroxylation is 1. The first kappa shape index (κ1) is 21.4. The van der Waals surface area contributed by atoms with Crippen LogP contribution in [0.2, 0.25) is 10.0 Å². The lowest BCUT2D eigenvalue weighted by Gasteiger charge is -2.32. The van der Waals surface area contributed by atoms with Crippen LogP contribution in [0.15, 0.2) is 47.6 Å². The highest BCUT2D eigenvalue weighted by atomic mass is 35.5. The molecule has 0 saturated heterocycles. The Hall–Kier alpha value is -2.29. The summed E-state index contributed by atoms with van der Waals surface area (Å²) in [5.41, 5.74) is -2.59. The number of rotatable bonds is 4. The summed E-state index contributed by atoms with van der Waals surface area (Å²) < 4.78 is 46.0. The van der Waals surface area contributed by atoms with Crippen LogP contribution in [0, 0.1) is 6.92 Å². The zero-order chi connectivity index (χ0) is 21.4. The molecule has 0 aliphatic carbocycles. The number of ether oxygens (including phenoxy) is 1. The van der Waals surface area contributed by atoms with Gasteiger partial charge in [-0.05, 0) is 48.4 Å². The summed E-state index contributed by atoms with van der Waals surface area (Å²) in [5.74, 6) is -0.904. The Morgan fingerprint density at radius 2 is 1.90 bits per heavy atom. The normalized spacial score (nSPS) is 19.3. The zero-order valence-electron chi connectivity index (χ0n) is 15.0. The molecule has 5 nitrogen and oxygen atoms in total. The van der Waals surface area contributed by atoms with Gasteiger partial charge in [0, 0.05) is 10.0 Å². The van der Waals surface area contributed by atoms with Gasteiger partial charge in [-0.15, -0.1) is 0 Å². The molecule has 1 atom stereocenters. The van der Waals surface area contributed by atoms with Crippen molar-refractivity contribution in [3.63, 3.8) is 0 Å². The fraction of sp³-hybridized carbons (Fsp3) is 0.263. The molecular formula is C19H15Cl2F3N2O3. The lowest BCUT2D eigenvalue weighted by molar-refractivity contribution is -0.302. The molecule has 1 N–H and O–H groups in total. The maximum atomic E-state index is 13.6. The van der Waals surface area contributed by atoms with Crippen molar-refractivity contribution in [2.45, 2.75) is 25.2 Å². The number of hydrazone groups is 1. The summed E-state index contributed by atoms with van der Waals surface area (Å²) >= 11 is 11.7. The average molecular weight is 447 g/mol. The predicted molar refractivity (Wildman–Crippen MR) is 102 cm³/mol. The second kappa shape index (κ2) is 7.85. The number of benzene rings is 2. The lowest BCUT2D eigenvalue weighted by atomic mass is 10.0. The number of halogens is 5. The van der Waals surface area contributed by atoms with Crippen LogP contribution in [0.3, 0.4) is 0 Å². The number of hydrogen-bond donors (Lipinski definition) is 1. The van der Waals surface area contributed by atoms with Crippen molar-refractivity contribution in [2.75, 3.05) is 6.61 Å². The molecule has 2 aromatic carbocycles. The van der Waals surface area contributed by atoms with Gasteiger partial charge in [0.1, 0.15) is 5.75 Å². The third-order valence-electron chi connectivity index (χ3n) is 4.34. The molecule has 1 aliphatic heterocycles. The van der Waals surface area contributed by atoms with E-state index in [-0.39, 0.29) is 16.5 Å². The number of hydrogen-bond acceptors (Lipinski definition) is 4. The number of nitrogens with zero attached hydrogens (tertiary/aromatic N) is 2. The first-order chi connectivity index (χ1) is 13.5. The van der Waals surface area contributed by atoms with Crippen molar-refractivity contribution in [1.82, 2.24) is 5.01 Å². The van der Waals surface area contributed by atoms with E-state index in [1.54, 1.807) is 6.92 Å². The number of amides is 1. The Morgan fingerprint density at radius 3 is 2.48 bits per heavy atom. The van der Waals surface area contributed by atoms with Crippen molar-refractivity contribution >= 4 is 34.8 Å². The zero-order valence-corrected chi connectivity index (χ0v) is 16.5. The minimum atomic E-state index is -5.13.